The van der Waals surface area contributed by atoms with Crippen LogP contribution in [0.5, 0.6) is 11.5 Å². The van der Waals surface area contributed by atoms with E-state index >= 15 is 0 Å². The lowest BCUT2D eigenvalue weighted by molar-refractivity contribution is -0.151. The minimum absolute atomic E-state index is 0.0439. The number of carbonyl (C=O) groups is 2. The predicted octanol–water partition coefficient (Wildman–Crippen LogP) is 4.45. The monoisotopic (exact) mass is 439 g/mol. The van der Waals surface area contributed by atoms with Crippen molar-refractivity contribution in [2.24, 2.45) is 22.7 Å². The Hall–Kier alpha value is -2.89. The van der Waals surface area contributed by atoms with Crippen molar-refractivity contribution in [3.63, 3.8) is 0 Å². The molecule has 0 bridgehead atoms. The third-order valence-electron chi connectivity index (χ3n) is 6.37. The number of nitrogens with zero attached hydrogens (tertiary/aromatic N) is 1. The molecule has 1 heterocycles. The summed E-state index contributed by atoms with van der Waals surface area (Å²) in [6.45, 7) is 4.24. The highest BCUT2D eigenvalue weighted by atomic mass is 16.5. The van der Waals surface area contributed by atoms with Crippen LogP contribution in [0.15, 0.2) is 47.0 Å². The van der Waals surface area contributed by atoms with E-state index in [2.05, 4.69) is 30.1 Å². The summed E-state index contributed by atoms with van der Waals surface area (Å²) in [6, 6.07) is 5.10. The topological polar surface area (TPSA) is 85.2 Å². The van der Waals surface area contributed by atoms with E-state index in [1.807, 2.05) is 6.21 Å². The molecule has 1 aromatic carbocycles. The molecule has 1 aliphatic carbocycles. The van der Waals surface area contributed by atoms with Crippen molar-refractivity contribution in [1.82, 2.24) is 0 Å². The van der Waals surface area contributed by atoms with Gasteiger partial charge in [0.15, 0.2) is 11.5 Å². The quantitative estimate of drug-likeness (QED) is 0.430. The van der Waals surface area contributed by atoms with Crippen LogP contribution in [0.4, 0.5) is 0 Å². The molecule has 1 aliphatic heterocycles. The van der Waals surface area contributed by atoms with Crippen LogP contribution in [-0.2, 0) is 20.7 Å². The van der Waals surface area contributed by atoms with E-state index in [0.717, 1.165) is 24.0 Å². The van der Waals surface area contributed by atoms with Gasteiger partial charge in [-0.25, -0.2) is 0 Å². The number of ether oxygens (including phenoxy) is 2. The number of allylic oxidation sites excluding steroid dienone is 3. The second kappa shape index (κ2) is 11.1. The molecule has 0 saturated carbocycles. The number of phenolic OH excluding ortho intramolecular Hbond substituents is 1. The molecule has 6 heteroatoms. The summed E-state index contributed by atoms with van der Waals surface area (Å²) in [7, 11) is 1.50. The number of aromatic hydroxyl groups is 1. The molecule has 0 amide bonds. The first-order valence-electron chi connectivity index (χ1n) is 11.3. The van der Waals surface area contributed by atoms with Gasteiger partial charge in [-0.1, -0.05) is 31.2 Å². The number of aryl methyl sites for hydroxylation is 1. The standard InChI is InChI=1S/C26H33NO5/c1-4-18-6-9-22(20-11-12-27-16-20)23(13-18)25(32-17(2)28)15-21(29)8-5-19-7-10-24(30)26(14-19)31-3/h6-7,9-11,14,16,18,22-23,25,30H,4-5,8,12-13,15H2,1-3H3/t18-,22+,23-,25-/m0/s1. The Balaban J connectivity index is 1.71. The number of carbonyl (C=O) groups excluding carboxylic acids is 2. The highest BCUT2D eigenvalue weighted by Gasteiger charge is 2.37. The van der Waals surface area contributed by atoms with Gasteiger partial charge in [-0.15, -0.1) is 0 Å². The van der Waals surface area contributed by atoms with E-state index in [-0.39, 0.29) is 35.8 Å². The van der Waals surface area contributed by atoms with Crippen LogP contribution in [-0.4, -0.2) is 42.8 Å². The fraction of sp³-hybridized carbons (Fsp3) is 0.500. The van der Waals surface area contributed by atoms with E-state index in [0.29, 0.717) is 31.1 Å². The zero-order valence-electron chi connectivity index (χ0n) is 19.1. The van der Waals surface area contributed by atoms with E-state index in [9.17, 15) is 14.7 Å². The lowest BCUT2D eigenvalue weighted by Gasteiger charge is -2.36. The molecule has 32 heavy (non-hydrogen) atoms. The average Bonchev–Trinajstić information content (AvgIpc) is 3.32. The van der Waals surface area contributed by atoms with Crippen LogP contribution in [0.3, 0.4) is 0 Å². The minimum Gasteiger partial charge on any atom is -0.504 e. The number of Topliss-reactive ketones (excluding diaryl/α,β-unsaturated/α-hetero) is 1. The SMILES string of the molecule is CC[C@H]1C=C[C@H](C2=CCN=C2)[C@@H]([C@H](CC(=O)CCc2ccc(O)c(OC)c2)OC(C)=O)C1. The predicted molar refractivity (Wildman–Crippen MR) is 124 cm³/mol. The molecule has 4 atom stereocenters. The van der Waals surface area contributed by atoms with Gasteiger partial charge in [0, 0.05) is 37.8 Å². The summed E-state index contributed by atoms with van der Waals surface area (Å²) in [4.78, 5) is 29.2. The van der Waals surface area contributed by atoms with Crippen molar-refractivity contribution in [3.05, 3.63) is 47.6 Å². The maximum atomic E-state index is 12.9. The first-order valence-corrected chi connectivity index (χ1v) is 11.3. The number of rotatable bonds is 10. The van der Waals surface area contributed by atoms with Gasteiger partial charge in [0.2, 0.25) is 0 Å². The molecule has 0 saturated heterocycles. The van der Waals surface area contributed by atoms with Crippen molar-refractivity contribution in [1.29, 1.82) is 0 Å². The largest absolute Gasteiger partial charge is 0.504 e. The summed E-state index contributed by atoms with van der Waals surface area (Å²) < 4.78 is 10.9. The Labute approximate surface area is 190 Å². The summed E-state index contributed by atoms with van der Waals surface area (Å²) in [6.07, 6.45) is 11.0. The second-order valence-corrected chi connectivity index (χ2v) is 8.57. The number of phenols is 1. The summed E-state index contributed by atoms with van der Waals surface area (Å²) in [5.41, 5.74) is 2.05. The Bertz CT molecular complexity index is 917. The van der Waals surface area contributed by atoms with E-state index in [1.54, 1.807) is 18.2 Å². The fourth-order valence-corrected chi connectivity index (χ4v) is 4.61. The maximum absolute atomic E-state index is 12.9. The Kier molecular flexibility index (Phi) is 8.26. The van der Waals surface area contributed by atoms with Crippen molar-refractivity contribution < 1.29 is 24.2 Å². The maximum Gasteiger partial charge on any atom is 0.302 e. The number of hydrogen-bond acceptors (Lipinski definition) is 6. The van der Waals surface area contributed by atoms with Crippen molar-refractivity contribution in [2.45, 2.75) is 52.1 Å². The van der Waals surface area contributed by atoms with E-state index in [1.165, 1.54) is 14.0 Å². The van der Waals surface area contributed by atoms with Crippen LogP contribution in [0.25, 0.3) is 0 Å². The molecule has 1 N–H and O–H groups in total. The zero-order chi connectivity index (χ0) is 23.1. The van der Waals surface area contributed by atoms with Crippen molar-refractivity contribution in [3.8, 4) is 11.5 Å². The lowest BCUT2D eigenvalue weighted by atomic mass is 9.71. The molecular formula is C26H33NO5. The van der Waals surface area contributed by atoms with Crippen molar-refractivity contribution in [2.75, 3.05) is 13.7 Å². The number of methoxy groups -OCH3 is 1. The molecule has 0 unspecified atom stereocenters. The average molecular weight is 440 g/mol. The molecule has 0 fully saturated rings. The van der Waals surface area contributed by atoms with Crippen LogP contribution < -0.4 is 4.74 Å². The van der Waals surface area contributed by atoms with Gasteiger partial charge < -0.3 is 14.6 Å². The number of ketones is 1. The smallest absolute Gasteiger partial charge is 0.302 e. The van der Waals surface area contributed by atoms with E-state index < -0.39 is 6.10 Å². The van der Waals surface area contributed by atoms with Gasteiger partial charge >= 0.3 is 5.97 Å². The third kappa shape index (κ3) is 6.09. The molecule has 6 nitrogen and oxygen atoms in total. The molecule has 3 rings (SSSR count). The summed E-state index contributed by atoms with van der Waals surface area (Å²) >= 11 is 0. The normalized spacial score (nSPS) is 23.0. The molecule has 2 aliphatic rings. The highest BCUT2D eigenvalue weighted by molar-refractivity contribution is 5.82. The molecular weight excluding hydrogens is 406 g/mol. The first-order chi connectivity index (χ1) is 15.4. The number of benzene rings is 1. The van der Waals surface area contributed by atoms with Gasteiger partial charge in [0.1, 0.15) is 11.9 Å². The molecule has 172 valence electrons. The number of esters is 1. The number of aliphatic imine (C=N–C) groups is 1. The minimum atomic E-state index is -0.465. The van der Waals surface area contributed by atoms with Gasteiger partial charge in [0.25, 0.3) is 0 Å². The van der Waals surface area contributed by atoms with Gasteiger partial charge in [-0.3, -0.25) is 14.6 Å². The van der Waals surface area contributed by atoms with Gasteiger partial charge in [0.05, 0.1) is 13.7 Å². The van der Waals surface area contributed by atoms with Gasteiger partial charge in [-0.05, 0) is 48.4 Å². The van der Waals surface area contributed by atoms with Crippen LogP contribution in [0.2, 0.25) is 0 Å². The first kappa shape index (κ1) is 23.8. The lowest BCUT2D eigenvalue weighted by Crippen LogP contribution is -2.37. The molecule has 1 aromatic rings. The Morgan fingerprint density at radius 3 is 2.75 bits per heavy atom. The summed E-state index contributed by atoms with van der Waals surface area (Å²) in [5.74, 6) is 0.712. The highest BCUT2D eigenvalue weighted by Crippen LogP contribution is 2.39. The van der Waals surface area contributed by atoms with Crippen LogP contribution in [0.1, 0.15) is 45.1 Å². The third-order valence-corrected chi connectivity index (χ3v) is 6.37. The molecule has 0 radical (unpaired) electrons. The van der Waals surface area contributed by atoms with Crippen LogP contribution >= 0.6 is 0 Å². The molecule has 0 aromatic heterocycles. The fourth-order valence-electron chi connectivity index (χ4n) is 4.61. The van der Waals surface area contributed by atoms with Gasteiger partial charge in [-0.2, -0.15) is 0 Å². The zero-order valence-corrected chi connectivity index (χ0v) is 19.1. The van der Waals surface area contributed by atoms with Crippen molar-refractivity contribution >= 4 is 18.0 Å². The second-order valence-electron chi connectivity index (χ2n) is 8.57. The number of hydrogen-bond donors (Lipinski definition) is 1. The molecule has 0 spiro atoms. The van der Waals surface area contributed by atoms with E-state index in [4.69, 9.17) is 9.47 Å². The van der Waals surface area contributed by atoms with Crippen LogP contribution in [0, 0.1) is 17.8 Å². The summed E-state index contributed by atoms with van der Waals surface area (Å²) in [5, 5.41) is 9.76. The Morgan fingerprint density at radius 2 is 2.09 bits per heavy atom. The Morgan fingerprint density at radius 1 is 1.28 bits per heavy atom.